The lowest BCUT2D eigenvalue weighted by atomic mass is 9.86. The third-order valence-corrected chi connectivity index (χ3v) is 5.81. The fourth-order valence-electron chi connectivity index (χ4n) is 3.24. The molecule has 4 rings (SSSR count). The molecule has 4 aromatic rings. The van der Waals surface area contributed by atoms with Crippen molar-refractivity contribution in [2.24, 2.45) is 0 Å². The summed E-state index contributed by atoms with van der Waals surface area (Å²) in [5, 5.41) is 2.77. The summed E-state index contributed by atoms with van der Waals surface area (Å²) in [4.78, 5) is 11.4. The van der Waals surface area contributed by atoms with Crippen LogP contribution in [0.3, 0.4) is 0 Å². The molecule has 0 unspecified atom stereocenters. The highest BCUT2D eigenvalue weighted by Gasteiger charge is 2.38. The third-order valence-electron chi connectivity index (χ3n) is 4.79. The molecule has 1 N–H and O–H groups in total. The Morgan fingerprint density at radius 2 is 1.71 bits per heavy atom. The lowest BCUT2D eigenvalue weighted by Crippen LogP contribution is -2.12. The number of ether oxygens (including phenoxy) is 1. The van der Waals surface area contributed by atoms with Gasteiger partial charge in [-0.15, -0.1) is 0 Å². The van der Waals surface area contributed by atoms with Crippen molar-refractivity contribution in [3.63, 3.8) is 0 Å². The molecule has 0 saturated carbocycles. The molecule has 0 atom stereocenters. The summed E-state index contributed by atoms with van der Waals surface area (Å²) < 4.78 is 60.9. The van der Waals surface area contributed by atoms with Gasteiger partial charge in [-0.25, -0.2) is 4.98 Å². The molecule has 0 bridgehead atoms. The van der Waals surface area contributed by atoms with Gasteiger partial charge < -0.3 is 10.1 Å². The zero-order valence-corrected chi connectivity index (χ0v) is 19.3. The van der Waals surface area contributed by atoms with E-state index in [1.165, 1.54) is 24.5 Å². The number of pyridine rings is 2. The molecule has 0 amide bonds. The zero-order valence-electron chi connectivity index (χ0n) is 18.4. The number of benzene rings is 1. The number of thiazole rings is 1. The first-order chi connectivity index (χ1) is 16.0. The smallest absolute Gasteiger partial charge is 0.434 e. The highest BCUT2D eigenvalue weighted by atomic mass is 32.1. The Bertz CT molecular complexity index is 1300. The monoisotopic (exact) mass is 487 g/mol. The van der Waals surface area contributed by atoms with Gasteiger partial charge in [-0.2, -0.15) is 22.5 Å². The normalized spacial score (nSPS) is 12.0. The first-order valence-electron chi connectivity index (χ1n) is 10.2. The van der Waals surface area contributed by atoms with Gasteiger partial charge in [0.15, 0.2) is 10.8 Å². The summed E-state index contributed by atoms with van der Waals surface area (Å²) in [7, 11) is 0. The van der Waals surface area contributed by atoms with E-state index in [4.69, 9.17) is 4.74 Å². The van der Waals surface area contributed by atoms with Gasteiger partial charge in [-0.1, -0.05) is 56.4 Å². The number of anilines is 2. The first kappa shape index (κ1) is 23.6. The van der Waals surface area contributed by atoms with Crippen LogP contribution in [0.5, 0.6) is 11.6 Å². The Morgan fingerprint density at radius 1 is 0.941 bits per heavy atom. The summed E-state index contributed by atoms with van der Waals surface area (Å²) >= 11 is 0.802. The van der Waals surface area contributed by atoms with E-state index in [0.717, 1.165) is 23.0 Å². The number of rotatable bonds is 5. The standard InChI is InChI=1S/C24H20F4N4OS/c1-23(2,3)15-8-4-5-9-17(15)33-21-16(10-11-18(25)31-21)30-22-32-20(24(26,27)28)19(34-22)14-7-6-12-29-13-14/h4-13H,1-3H3,(H,30,32)/i25-1. The van der Waals surface area contributed by atoms with E-state index < -0.39 is 17.8 Å². The van der Waals surface area contributed by atoms with E-state index in [-0.39, 0.29) is 32.6 Å². The fourth-order valence-corrected chi connectivity index (χ4v) is 4.23. The van der Waals surface area contributed by atoms with Crippen LogP contribution in [-0.4, -0.2) is 15.0 Å². The van der Waals surface area contributed by atoms with Gasteiger partial charge in [-0.05, 0) is 29.7 Å². The summed E-state index contributed by atoms with van der Waals surface area (Å²) in [6.45, 7) is 6.00. The first-order valence-corrected chi connectivity index (χ1v) is 11.0. The molecule has 10 heteroatoms. The zero-order chi connectivity index (χ0) is 24.5. The van der Waals surface area contributed by atoms with Crippen molar-refractivity contribution in [1.82, 2.24) is 15.0 Å². The molecule has 0 spiro atoms. The van der Waals surface area contributed by atoms with Crippen molar-refractivity contribution >= 4 is 22.2 Å². The van der Waals surface area contributed by atoms with Gasteiger partial charge in [0.1, 0.15) is 11.4 Å². The Morgan fingerprint density at radius 3 is 2.38 bits per heavy atom. The molecule has 5 nitrogen and oxygen atoms in total. The summed E-state index contributed by atoms with van der Waals surface area (Å²) in [5.41, 5.74) is 0.00848. The van der Waals surface area contributed by atoms with Gasteiger partial charge in [0.05, 0.1) is 4.88 Å². The van der Waals surface area contributed by atoms with E-state index in [9.17, 15) is 17.6 Å². The third kappa shape index (κ3) is 5.17. The summed E-state index contributed by atoms with van der Waals surface area (Å²) in [6.07, 6.45) is -1.86. The van der Waals surface area contributed by atoms with Crippen LogP contribution < -0.4 is 10.1 Å². The molecule has 0 aliphatic heterocycles. The molecule has 1 aromatic carbocycles. The van der Waals surface area contributed by atoms with Crippen molar-refractivity contribution in [3.05, 3.63) is 78.1 Å². The van der Waals surface area contributed by atoms with Crippen LogP contribution in [0.25, 0.3) is 10.4 Å². The molecule has 0 radical (unpaired) electrons. The number of aromatic nitrogens is 3. The van der Waals surface area contributed by atoms with Gasteiger partial charge >= 0.3 is 6.18 Å². The predicted molar refractivity (Wildman–Crippen MR) is 123 cm³/mol. The van der Waals surface area contributed by atoms with Crippen molar-refractivity contribution in [1.29, 1.82) is 0 Å². The minimum Gasteiger partial charge on any atom is -0.437 e. The van der Waals surface area contributed by atoms with Gasteiger partial charge in [0.2, 0.25) is 11.8 Å². The van der Waals surface area contributed by atoms with Crippen LogP contribution in [0.1, 0.15) is 32.0 Å². The van der Waals surface area contributed by atoms with Crippen LogP contribution in [0, 0.1) is 5.95 Å². The van der Waals surface area contributed by atoms with Crippen molar-refractivity contribution < 1.29 is 22.3 Å². The Kier molecular flexibility index (Phi) is 6.26. The van der Waals surface area contributed by atoms with Crippen molar-refractivity contribution in [2.75, 3.05) is 5.32 Å². The average molecular weight is 488 g/mol. The van der Waals surface area contributed by atoms with Gasteiger partial charge in [0.25, 0.3) is 0 Å². The number of hydrogen-bond donors (Lipinski definition) is 1. The Labute approximate surface area is 197 Å². The maximum Gasteiger partial charge on any atom is 0.434 e. The lowest BCUT2D eigenvalue weighted by Gasteiger charge is -2.22. The maximum atomic E-state index is 14.0. The second kappa shape index (κ2) is 9.02. The minimum atomic E-state index is -4.67. The highest BCUT2D eigenvalue weighted by molar-refractivity contribution is 7.19. The van der Waals surface area contributed by atoms with Crippen LogP contribution in [0.2, 0.25) is 0 Å². The predicted octanol–water partition coefficient (Wildman–Crippen LogP) is 7.59. The van der Waals surface area contributed by atoms with E-state index in [1.807, 2.05) is 32.9 Å². The van der Waals surface area contributed by atoms with E-state index in [2.05, 4.69) is 20.3 Å². The Hall–Kier alpha value is -3.53. The highest BCUT2D eigenvalue weighted by Crippen LogP contribution is 2.43. The number of hydrogen-bond acceptors (Lipinski definition) is 6. The van der Waals surface area contributed by atoms with Crippen LogP contribution >= 0.6 is 11.3 Å². The molecule has 176 valence electrons. The molecule has 0 saturated heterocycles. The second-order valence-electron chi connectivity index (χ2n) is 8.40. The van der Waals surface area contributed by atoms with E-state index in [0.29, 0.717) is 5.75 Å². The summed E-state index contributed by atoms with van der Waals surface area (Å²) in [5.74, 6) is -0.453. The molecule has 0 aliphatic carbocycles. The molecular weight excluding hydrogens is 467 g/mol. The average Bonchev–Trinajstić information content (AvgIpc) is 3.20. The van der Waals surface area contributed by atoms with Gasteiger partial charge in [-0.3, -0.25) is 4.98 Å². The largest absolute Gasteiger partial charge is 0.437 e. The molecular formula is C24H20F4N4OS. The second-order valence-corrected chi connectivity index (χ2v) is 9.40. The quantitative estimate of drug-likeness (QED) is 0.232. The number of alkyl halides is 3. The number of nitrogens with zero attached hydrogens (tertiary/aromatic N) is 3. The van der Waals surface area contributed by atoms with Crippen LogP contribution in [-0.2, 0) is 11.6 Å². The molecule has 0 fully saturated rings. The molecule has 3 aromatic heterocycles. The van der Waals surface area contributed by atoms with E-state index >= 15 is 0 Å². The topological polar surface area (TPSA) is 59.9 Å². The maximum absolute atomic E-state index is 14.0. The lowest BCUT2D eigenvalue weighted by molar-refractivity contribution is -0.140. The Balaban J connectivity index is 1.73. The van der Waals surface area contributed by atoms with Crippen LogP contribution in [0.15, 0.2) is 60.9 Å². The minimum absolute atomic E-state index is 0.0476. The van der Waals surface area contributed by atoms with E-state index in [1.54, 1.807) is 18.2 Å². The van der Waals surface area contributed by atoms with Gasteiger partial charge in [0, 0.05) is 23.5 Å². The molecule has 3 heterocycles. The molecule has 34 heavy (non-hydrogen) atoms. The number of halogens is 4. The SMILES string of the molecule is CC(C)(C)c1ccccc1Oc1nc([18F])ccc1Nc1nc(C(F)(F)F)c(-c2cccnc2)s1. The molecule has 0 aliphatic rings. The fraction of sp³-hybridized carbons (Fsp3) is 0.208. The summed E-state index contributed by atoms with van der Waals surface area (Å²) in [6, 6.07) is 12.7. The van der Waals surface area contributed by atoms with Crippen molar-refractivity contribution in [2.45, 2.75) is 32.4 Å². The number of para-hydroxylation sites is 1. The van der Waals surface area contributed by atoms with Crippen molar-refractivity contribution in [3.8, 4) is 22.1 Å². The van der Waals surface area contributed by atoms with Crippen LogP contribution in [0.4, 0.5) is 28.4 Å². The number of nitrogens with one attached hydrogen (secondary N) is 1.